The first-order valence-corrected chi connectivity index (χ1v) is 19.5. The van der Waals surface area contributed by atoms with Crippen LogP contribution in [-0.2, 0) is 28.7 Å². The van der Waals surface area contributed by atoms with E-state index in [9.17, 15) is 33.9 Å². The summed E-state index contributed by atoms with van der Waals surface area (Å²) >= 11 is 0. The van der Waals surface area contributed by atoms with Crippen molar-refractivity contribution in [3.63, 3.8) is 0 Å². The van der Waals surface area contributed by atoms with Crippen molar-refractivity contribution in [2.45, 2.75) is 94.3 Å². The lowest BCUT2D eigenvalue weighted by molar-refractivity contribution is -0.165. The Bertz CT molecular complexity index is 1770. The van der Waals surface area contributed by atoms with Crippen LogP contribution in [0.4, 0.5) is 4.79 Å². The number of likely N-dealkylation sites (N-methyl/N-ethyl adjacent to an activating group) is 4. The fourth-order valence-electron chi connectivity index (χ4n) is 9.42. The summed E-state index contributed by atoms with van der Waals surface area (Å²) in [5, 5.41) is 9.62. The summed E-state index contributed by atoms with van der Waals surface area (Å²) in [5.41, 5.74) is 3.20. The highest BCUT2D eigenvalue weighted by Gasteiger charge is 2.55. The van der Waals surface area contributed by atoms with E-state index in [1.165, 1.54) is 45.6 Å². The molecule has 0 aromatic heterocycles. The summed E-state index contributed by atoms with van der Waals surface area (Å²) in [4.78, 5) is 89.1. The minimum atomic E-state index is -1.25. The second-order valence-electron chi connectivity index (χ2n) is 16.3. The zero-order valence-corrected chi connectivity index (χ0v) is 32.9. The van der Waals surface area contributed by atoms with Crippen LogP contribution in [0.3, 0.4) is 0 Å². The van der Waals surface area contributed by atoms with Crippen LogP contribution in [0.1, 0.15) is 81.8 Å². The van der Waals surface area contributed by atoms with Gasteiger partial charge in [0.05, 0.1) is 6.42 Å². The SMILES string of the molecule is C[C@H]1C[C@@H](C(=O)N(C)C2(C(=O)N(C)[C@H](C(=O)N(C)[C@@H](CC(=O)O)C(=O)N(C)C)C3CCCC3)CCC2)N(C(=O)OCC2c3ccccc3-c3ccccc32)C1. The summed E-state index contributed by atoms with van der Waals surface area (Å²) in [5.74, 6) is -3.26. The Hall–Kier alpha value is -4.94. The molecule has 1 saturated heterocycles. The lowest BCUT2D eigenvalue weighted by atomic mass is 9.73. The highest BCUT2D eigenvalue weighted by Crippen LogP contribution is 2.45. The normalized spacial score (nSPS) is 21.1. The summed E-state index contributed by atoms with van der Waals surface area (Å²) in [7, 11) is 7.63. The number of carboxylic acid groups (broad SMARTS) is 1. The Morgan fingerprint density at radius 3 is 1.95 bits per heavy atom. The molecular formula is C42H55N5O8. The molecular weight excluding hydrogens is 702 g/mol. The van der Waals surface area contributed by atoms with Crippen LogP contribution in [0.25, 0.3) is 11.1 Å². The number of amides is 5. The number of benzene rings is 2. The molecule has 0 radical (unpaired) electrons. The van der Waals surface area contributed by atoms with Gasteiger partial charge in [0.25, 0.3) is 0 Å². The first kappa shape index (κ1) is 39.7. The maximum absolute atomic E-state index is 14.7. The largest absolute Gasteiger partial charge is 0.481 e. The van der Waals surface area contributed by atoms with Gasteiger partial charge in [0, 0.05) is 47.7 Å². The predicted octanol–water partition coefficient (Wildman–Crippen LogP) is 4.43. The Kier molecular flexibility index (Phi) is 11.6. The highest BCUT2D eigenvalue weighted by molar-refractivity contribution is 5.98. The van der Waals surface area contributed by atoms with Crippen molar-refractivity contribution in [3.8, 4) is 11.1 Å². The van der Waals surface area contributed by atoms with E-state index in [4.69, 9.17) is 4.74 Å². The van der Waals surface area contributed by atoms with Crippen molar-refractivity contribution < 1.29 is 38.6 Å². The van der Waals surface area contributed by atoms with E-state index >= 15 is 0 Å². The van der Waals surface area contributed by atoms with Crippen molar-refractivity contribution in [2.75, 3.05) is 48.4 Å². The van der Waals surface area contributed by atoms with Gasteiger partial charge in [-0.2, -0.15) is 0 Å². The van der Waals surface area contributed by atoms with Crippen LogP contribution in [-0.4, -0.2) is 137 Å². The quantitative estimate of drug-likeness (QED) is 0.335. The van der Waals surface area contributed by atoms with Crippen LogP contribution >= 0.6 is 0 Å². The lowest BCUT2D eigenvalue weighted by Crippen LogP contribution is -2.68. The molecule has 6 rings (SSSR count). The Morgan fingerprint density at radius 2 is 1.42 bits per heavy atom. The Labute approximate surface area is 323 Å². The number of fused-ring (bicyclic) bond motifs is 3. The van der Waals surface area contributed by atoms with E-state index in [1.54, 1.807) is 14.1 Å². The zero-order valence-electron chi connectivity index (χ0n) is 32.9. The first-order chi connectivity index (χ1) is 26.2. The summed E-state index contributed by atoms with van der Waals surface area (Å²) in [6, 6.07) is 13.2. The molecule has 2 aromatic rings. The number of nitrogens with zero attached hydrogens (tertiary/aromatic N) is 5. The Balaban J connectivity index is 1.19. The molecule has 55 heavy (non-hydrogen) atoms. The molecule has 2 aromatic carbocycles. The first-order valence-electron chi connectivity index (χ1n) is 19.5. The molecule has 1 N–H and O–H groups in total. The molecule has 1 heterocycles. The number of aliphatic carboxylic acids is 1. The second-order valence-corrected chi connectivity index (χ2v) is 16.3. The van der Waals surface area contributed by atoms with Crippen molar-refractivity contribution in [2.24, 2.45) is 11.8 Å². The molecule has 3 aliphatic carbocycles. The fraction of sp³-hybridized carbons (Fsp3) is 0.571. The minimum Gasteiger partial charge on any atom is -0.481 e. The zero-order chi connectivity index (χ0) is 39.8. The third kappa shape index (κ3) is 7.41. The monoisotopic (exact) mass is 757 g/mol. The number of rotatable bonds is 12. The third-order valence-electron chi connectivity index (χ3n) is 12.7. The van der Waals surface area contributed by atoms with Gasteiger partial charge in [-0.1, -0.05) is 68.3 Å². The minimum absolute atomic E-state index is 0.0297. The van der Waals surface area contributed by atoms with Crippen LogP contribution in [0.15, 0.2) is 48.5 Å². The molecule has 13 nitrogen and oxygen atoms in total. The molecule has 5 amide bonds. The van der Waals surface area contributed by atoms with Crippen LogP contribution in [0, 0.1) is 11.8 Å². The maximum atomic E-state index is 14.7. The maximum Gasteiger partial charge on any atom is 0.410 e. The van der Waals surface area contributed by atoms with Crippen LogP contribution in [0.5, 0.6) is 0 Å². The number of hydrogen-bond donors (Lipinski definition) is 1. The molecule has 4 aliphatic rings. The van der Waals surface area contributed by atoms with Gasteiger partial charge in [-0.15, -0.1) is 0 Å². The van der Waals surface area contributed by atoms with Crippen LogP contribution in [0.2, 0.25) is 0 Å². The number of carbonyl (C=O) groups excluding carboxylic acids is 5. The molecule has 4 atom stereocenters. The van der Waals surface area contributed by atoms with E-state index in [0.717, 1.165) is 35.1 Å². The molecule has 0 unspecified atom stereocenters. The number of carbonyl (C=O) groups is 6. The van der Waals surface area contributed by atoms with Crippen molar-refractivity contribution in [3.05, 3.63) is 59.7 Å². The lowest BCUT2D eigenvalue weighted by Gasteiger charge is -2.51. The molecule has 1 aliphatic heterocycles. The average molecular weight is 758 g/mol. The van der Waals surface area contributed by atoms with Gasteiger partial charge in [-0.05, 0) is 72.6 Å². The molecule has 3 fully saturated rings. The molecule has 0 bridgehead atoms. The second kappa shape index (κ2) is 16.0. The summed E-state index contributed by atoms with van der Waals surface area (Å²) in [6.45, 7) is 2.46. The van der Waals surface area contributed by atoms with E-state index in [1.807, 2.05) is 31.2 Å². The molecule has 2 saturated carbocycles. The highest BCUT2D eigenvalue weighted by atomic mass is 16.6. The molecule has 296 valence electrons. The van der Waals surface area contributed by atoms with Crippen molar-refractivity contribution in [1.82, 2.24) is 24.5 Å². The van der Waals surface area contributed by atoms with Gasteiger partial charge in [0.15, 0.2) is 0 Å². The van der Waals surface area contributed by atoms with Gasteiger partial charge in [0.1, 0.15) is 30.3 Å². The topological polar surface area (TPSA) is 148 Å². The number of hydrogen-bond acceptors (Lipinski definition) is 7. The van der Waals surface area contributed by atoms with E-state index in [-0.39, 0.29) is 36.2 Å². The molecule has 0 spiro atoms. The molecule has 13 heteroatoms. The Morgan fingerprint density at radius 1 is 0.836 bits per heavy atom. The number of likely N-dealkylation sites (tertiary alicyclic amines) is 1. The smallest absolute Gasteiger partial charge is 0.410 e. The third-order valence-corrected chi connectivity index (χ3v) is 12.7. The van der Waals surface area contributed by atoms with E-state index in [0.29, 0.717) is 45.1 Å². The van der Waals surface area contributed by atoms with E-state index in [2.05, 4.69) is 24.3 Å². The van der Waals surface area contributed by atoms with Crippen LogP contribution < -0.4 is 0 Å². The standard InChI is InChI=1S/C42H55N5O8/c1-26-22-34(47(24-26)41(54)55-25-32-30-18-11-9-16-28(30)29-17-10-12-19-31(29)32)38(51)46(6)42(20-13-21-42)40(53)45(5)36(27-14-7-8-15-27)39(52)44(4)33(23-35(48)49)37(50)43(2)3/h9-12,16-19,26-27,32-34,36H,7-8,13-15,20-25H2,1-6H3,(H,48,49)/t26-,33-,34-,36-/m0/s1. The van der Waals surface area contributed by atoms with Crippen molar-refractivity contribution >= 4 is 35.7 Å². The van der Waals surface area contributed by atoms with Gasteiger partial charge >= 0.3 is 12.1 Å². The van der Waals surface area contributed by atoms with Crippen molar-refractivity contribution in [1.29, 1.82) is 0 Å². The van der Waals surface area contributed by atoms with Gasteiger partial charge in [-0.25, -0.2) is 4.79 Å². The summed E-state index contributed by atoms with van der Waals surface area (Å²) in [6.07, 6.45) is 3.93. The summed E-state index contributed by atoms with van der Waals surface area (Å²) < 4.78 is 5.99. The average Bonchev–Trinajstić information content (AvgIpc) is 3.89. The fourth-order valence-corrected chi connectivity index (χ4v) is 9.42. The van der Waals surface area contributed by atoms with E-state index < -0.39 is 54.0 Å². The van der Waals surface area contributed by atoms with Gasteiger partial charge < -0.3 is 29.4 Å². The number of carboxylic acids is 1. The van der Waals surface area contributed by atoms with Gasteiger partial charge in [0.2, 0.25) is 23.6 Å². The predicted molar refractivity (Wildman–Crippen MR) is 205 cm³/mol. The number of ether oxygens (including phenoxy) is 1. The van der Waals surface area contributed by atoms with Gasteiger partial charge in [-0.3, -0.25) is 28.9 Å².